The molecule has 0 bridgehead atoms. The van der Waals surface area contributed by atoms with Gasteiger partial charge in [-0.1, -0.05) is 49.4 Å². The zero-order valence-electron chi connectivity index (χ0n) is 20.3. The zero-order valence-corrected chi connectivity index (χ0v) is 20.3. The van der Waals surface area contributed by atoms with E-state index in [2.05, 4.69) is 46.3 Å². The predicted octanol–water partition coefficient (Wildman–Crippen LogP) is 4.29. The molecule has 6 rings (SSSR count). The molecule has 3 aromatic heterocycles. The van der Waals surface area contributed by atoms with Crippen molar-refractivity contribution in [3.8, 4) is 11.1 Å². The van der Waals surface area contributed by atoms with Crippen LogP contribution in [0.25, 0.3) is 27.5 Å². The van der Waals surface area contributed by atoms with E-state index < -0.39 is 0 Å². The molecule has 1 aliphatic rings. The van der Waals surface area contributed by atoms with Crippen LogP contribution in [-0.4, -0.2) is 54.7 Å². The lowest BCUT2D eigenvalue weighted by Crippen LogP contribution is -2.38. The summed E-state index contributed by atoms with van der Waals surface area (Å²) in [6.07, 6.45) is 5.39. The number of piperidine rings is 1. The largest absolute Gasteiger partial charge is 0.382 e. The first-order valence-corrected chi connectivity index (χ1v) is 12.5. The van der Waals surface area contributed by atoms with E-state index in [1.54, 1.807) is 4.52 Å². The number of Topliss-reactive ketones (excluding diaryl/α,β-unsaturated/α-hetero) is 1. The summed E-state index contributed by atoms with van der Waals surface area (Å²) in [5.74, 6) is 0.422. The molecule has 4 heterocycles. The number of fused-ring (bicyclic) bond motifs is 2. The third-order valence-corrected chi connectivity index (χ3v) is 7.21. The van der Waals surface area contributed by atoms with Gasteiger partial charge in [-0.05, 0) is 49.2 Å². The standard InChI is InChI=1S/C28H29N7O/c1-2-33-12-6-9-22(16-33)27(36)25-14-23(26-28(29)30-18-31-35(25)26)20-10-11-21-17-34(32-24(21)13-20)15-19-7-4-3-5-8-19/h3-5,7-8,10-11,13-14,17-18,22H,2,6,9,12,15-16H2,1H3,(H2,29,30,31). The van der Waals surface area contributed by atoms with E-state index in [0.717, 1.165) is 54.5 Å². The second-order valence-electron chi connectivity index (χ2n) is 9.53. The first kappa shape index (κ1) is 22.4. The highest BCUT2D eigenvalue weighted by Crippen LogP contribution is 2.33. The Kier molecular flexibility index (Phi) is 5.73. The van der Waals surface area contributed by atoms with Crippen molar-refractivity contribution in [3.05, 3.63) is 78.4 Å². The van der Waals surface area contributed by atoms with Gasteiger partial charge in [0.2, 0.25) is 0 Å². The minimum absolute atomic E-state index is 0.0444. The summed E-state index contributed by atoms with van der Waals surface area (Å²) in [6, 6.07) is 18.4. The van der Waals surface area contributed by atoms with Gasteiger partial charge in [-0.15, -0.1) is 0 Å². The predicted molar refractivity (Wildman–Crippen MR) is 141 cm³/mol. The molecule has 1 aliphatic heterocycles. The Morgan fingerprint density at radius 1 is 1.14 bits per heavy atom. The normalized spacial score (nSPS) is 16.6. The van der Waals surface area contributed by atoms with Gasteiger partial charge in [0.15, 0.2) is 11.6 Å². The number of aromatic nitrogens is 5. The lowest BCUT2D eigenvalue weighted by molar-refractivity contribution is 0.0818. The van der Waals surface area contributed by atoms with Crippen molar-refractivity contribution in [1.29, 1.82) is 0 Å². The molecule has 1 fully saturated rings. The smallest absolute Gasteiger partial charge is 0.185 e. The van der Waals surface area contributed by atoms with Crippen LogP contribution in [0.5, 0.6) is 0 Å². The Balaban J connectivity index is 1.39. The number of carbonyl (C=O) groups is 1. The van der Waals surface area contributed by atoms with Gasteiger partial charge in [-0.3, -0.25) is 9.48 Å². The molecule has 1 unspecified atom stereocenters. The lowest BCUT2D eigenvalue weighted by Gasteiger charge is -2.30. The van der Waals surface area contributed by atoms with Crippen LogP contribution >= 0.6 is 0 Å². The summed E-state index contributed by atoms with van der Waals surface area (Å²) >= 11 is 0. The third-order valence-electron chi connectivity index (χ3n) is 7.21. The lowest BCUT2D eigenvalue weighted by atomic mass is 9.92. The number of anilines is 1. The maximum Gasteiger partial charge on any atom is 0.185 e. The topological polar surface area (TPSA) is 94.3 Å². The molecule has 182 valence electrons. The Bertz CT molecular complexity index is 1550. The average molecular weight is 480 g/mol. The highest BCUT2D eigenvalue weighted by Gasteiger charge is 2.29. The van der Waals surface area contributed by atoms with Crippen LogP contribution in [0.15, 0.2) is 67.1 Å². The zero-order chi connectivity index (χ0) is 24.6. The van der Waals surface area contributed by atoms with Crippen molar-refractivity contribution in [2.75, 3.05) is 25.4 Å². The highest BCUT2D eigenvalue weighted by molar-refractivity contribution is 6.03. The highest BCUT2D eigenvalue weighted by atomic mass is 16.1. The Morgan fingerprint density at radius 3 is 2.83 bits per heavy atom. The molecular formula is C28H29N7O. The third kappa shape index (κ3) is 4.03. The molecule has 0 aliphatic carbocycles. The number of benzene rings is 2. The van der Waals surface area contributed by atoms with Crippen molar-refractivity contribution >= 4 is 28.0 Å². The summed E-state index contributed by atoms with van der Waals surface area (Å²) in [4.78, 5) is 20.2. The molecule has 0 radical (unpaired) electrons. The summed E-state index contributed by atoms with van der Waals surface area (Å²) in [7, 11) is 0. The number of hydrogen-bond donors (Lipinski definition) is 1. The number of ketones is 1. The van der Waals surface area contributed by atoms with Gasteiger partial charge in [0.05, 0.1) is 12.1 Å². The number of nitrogens with zero attached hydrogens (tertiary/aromatic N) is 6. The summed E-state index contributed by atoms with van der Waals surface area (Å²) in [5.41, 5.74) is 11.4. The van der Waals surface area contributed by atoms with Crippen LogP contribution in [0.4, 0.5) is 5.82 Å². The summed E-state index contributed by atoms with van der Waals surface area (Å²) in [5, 5.41) is 10.3. The van der Waals surface area contributed by atoms with Crippen molar-refractivity contribution in [2.24, 2.45) is 5.92 Å². The molecule has 2 N–H and O–H groups in total. The molecular weight excluding hydrogens is 450 g/mol. The van der Waals surface area contributed by atoms with Crippen LogP contribution in [0.1, 0.15) is 35.8 Å². The number of likely N-dealkylation sites (tertiary alicyclic amines) is 1. The van der Waals surface area contributed by atoms with Gasteiger partial charge in [0.25, 0.3) is 0 Å². The van der Waals surface area contributed by atoms with E-state index in [9.17, 15) is 4.79 Å². The maximum absolute atomic E-state index is 13.7. The van der Waals surface area contributed by atoms with E-state index in [-0.39, 0.29) is 11.7 Å². The van der Waals surface area contributed by atoms with Gasteiger partial charge in [0, 0.05) is 29.6 Å². The second kappa shape index (κ2) is 9.20. The minimum atomic E-state index is -0.0444. The van der Waals surface area contributed by atoms with Crippen LogP contribution in [0.2, 0.25) is 0 Å². The molecule has 1 atom stereocenters. The van der Waals surface area contributed by atoms with Crippen molar-refractivity contribution in [2.45, 2.75) is 26.3 Å². The van der Waals surface area contributed by atoms with Crippen molar-refractivity contribution in [1.82, 2.24) is 29.3 Å². The SMILES string of the molecule is CCN1CCCC(C(=O)c2cc(-c3ccc4cn(Cc5ccccc5)nc4c3)c3c(N)ncnn23)C1. The second-order valence-corrected chi connectivity index (χ2v) is 9.53. The van der Waals surface area contributed by atoms with E-state index in [1.807, 2.05) is 41.1 Å². The molecule has 0 spiro atoms. The van der Waals surface area contributed by atoms with Gasteiger partial charge < -0.3 is 10.6 Å². The Morgan fingerprint density at radius 2 is 2.00 bits per heavy atom. The molecule has 2 aromatic carbocycles. The van der Waals surface area contributed by atoms with E-state index in [1.165, 1.54) is 11.9 Å². The maximum atomic E-state index is 13.7. The molecule has 1 saturated heterocycles. The molecule has 8 heteroatoms. The molecule has 36 heavy (non-hydrogen) atoms. The Labute approximate surface area is 209 Å². The Hall–Kier alpha value is -4.04. The molecule has 0 amide bonds. The van der Waals surface area contributed by atoms with Gasteiger partial charge >= 0.3 is 0 Å². The van der Waals surface area contributed by atoms with E-state index in [4.69, 9.17) is 10.8 Å². The minimum Gasteiger partial charge on any atom is -0.382 e. The number of nitrogens with two attached hydrogens (primary N) is 1. The average Bonchev–Trinajstić information content (AvgIpc) is 3.50. The van der Waals surface area contributed by atoms with Crippen LogP contribution in [0, 0.1) is 5.92 Å². The number of rotatable bonds is 6. The van der Waals surface area contributed by atoms with Crippen LogP contribution < -0.4 is 5.73 Å². The summed E-state index contributed by atoms with van der Waals surface area (Å²) in [6.45, 7) is 5.63. The fraction of sp³-hybridized carbons (Fsp3) is 0.286. The quantitative estimate of drug-likeness (QED) is 0.365. The monoisotopic (exact) mass is 479 g/mol. The fourth-order valence-corrected chi connectivity index (χ4v) is 5.32. The van der Waals surface area contributed by atoms with Gasteiger partial charge in [-0.2, -0.15) is 10.2 Å². The molecule has 5 aromatic rings. The van der Waals surface area contributed by atoms with E-state index in [0.29, 0.717) is 23.6 Å². The molecule has 8 nitrogen and oxygen atoms in total. The fourth-order valence-electron chi connectivity index (χ4n) is 5.32. The number of nitrogen functional groups attached to an aromatic ring is 1. The van der Waals surface area contributed by atoms with Crippen LogP contribution in [-0.2, 0) is 6.54 Å². The van der Waals surface area contributed by atoms with Gasteiger partial charge in [-0.25, -0.2) is 9.50 Å². The van der Waals surface area contributed by atoms with Gasteiger partial charge in [0.1, 0.15) is 17.5 Å². The van der Waals surface area contributed by atoms with E-state index >= 15 is 0 Å². The first-order chi connectivity index (χ1) is 17.6. The number of hydrogen-bond acceptors (Lipinski definition) is 6. The van der Waals surface area contributed by atoms with Crippen molar-refractivity contribution < 1.29 is 4.79 Å². The first-order valence-electron chi connectivity index (χ1n) is 12.5. The molecule has 0 saturated carbocycles. The number of carbonyl (C=O) groups excluding carboxylic acids is 1. The summed E-state index contributed by atoms with van der Waals surface area (Å²) < 4.78 is 3.62. The van der Waals surface area contributed by atoms with Crippen LogP contribution in [0.3, 0.4) is 0 Å². The van der Waals surface area contributed by atoms with Crippen molar-refractivity contribution in [3.63, 3.8) is 0 Å².